The van der Waals surface area contributed by atoms with E-state index in [4.69, 9.17) is 16.3 Å². The highest BCUT2D eigenvalue weighted by Gasteiger charge is 2.28. The van der Waals surface area contributed by atoms with Gasteiger partial charge in [-0.1, -0.05) is 30.7 Å². The highest BCUT2D eigenvalue weighted by molar-refractivity contribution is 6.34. The predicted molar refractivity (Wildman–Crippen MR) is 120 cm³/mol. The molecule has 0 spiro atoms. The fourth-order valence-corrected chi connectivity index (χ4v) is 4.70. The van der Waals surface area contributed by atoms with Gasteiger partial charge in [0.05, 0.1) is 17.7 Å². The standard InChI is InChI=1S/C24H27ClFN3O2/c1-3-16-4-5-21(26)19(14-16)17-7-10-28(11-8-17)24(30)20-15-29(12-13-31-2)22-18(20)6-9-27-23(22)25/h4-6,9,14-15,17H,3,7-8,10-13H2,1-2H3. The zero-order valence-corrected chi connectivity index (χ0v) is 18.7. The third-order valence-corrected chi connectivity index (χ3v) is 6.48. The lowest BCUT2D eigenvalue weighted by Crippen LogP contribution is -2.38. The summed E-state index contributed by atoms with van der Waals surface area (Å²) in [7, 11) is 1.64. The number of fused-ring (bicyclic) bond motifs is 1. The van der Waals surface area contributed by atoms with Crippen LogP contribution >= 0.6 is 11.6 Å². The van der Waals surface area contributed by atoms with Crippen molar-refractivity contribution in [2.45, 2.75) is 38.6 Å². The molecule has 0 unspecified atom stereocenters. The molecule has 5 nitrogen and oxygen atoms in total. The van der Waals surface area contributed by atoms with Gasteiger partial charge in [0, 0.05) is 44.5 Å². The number of halogens is 2. The Hall–Kier alpha value is -2.44. The molecule has 1 aromatic carbocycles. The summed E-state index contributed by atoms with van der Waals surface area (Å²) >= 11 is 6.34. The molecule has 1 amide bonds. The van der Waals surface area contributed by atoms with Gasteiger partial charge < -0.3 is 14.2 Å². The number of carbonyl (C=O) groups is 1. The van der Waals surface area contributed by atoms with Crippen LogP contribution < -0.4 is 0 Å². The van der Waals surface area contributed by atoms with Gasteiger partial charge in [-0.25, -0.2) is 9.37 Å². The number of nitrogens with zero attached hydrogens (tertiary/aromatic N) is 3. The topological polar surface area (TPSA) is 47.4 Å². The minimum atomic E-state index is -0.148. The minimum absolute atomic E-state index is 0.0235. The van der Waals surface area contributed by atoms with Gasteiger partial charge in [-0.3, -0.25) is 4.79 Å². The molecule has 31 heavy (non-hydrogen) atoms. The molecule has 7 heteroatoms. The van der Waals surface area contributed by atoms with Crippen molar-refractivity contribution in [1.82, 2.24) is 14.5 Å². The molecule has 3 aromatic rings. The number of methoxy groups -OCH3 is 1. The van der Waals surface area contributed by atoms with Gasteiger partial charge >= 0.3 is 0 Å². The lowest BCUT2D eigenvalue weighted by molar-refractivity contribution is 0.0714. The lowest BCUT2D eigenvalue weighted by Gasteiger charge is -2.32. The van der Waals surface area contributed by atoms with Crippen molar-refractivity contribution in [3.8, 4) is 0 Å². The first kappa shape index (κ1) is 21.8. The Morgan fingerprint density at radius 2 is 2.06 bits per heavy atom. The Morgan fingerprint density at radius 3 is 2.77 bits per heavy atom. The summed E-state index contributed by atoms with van der Waals surface area (Å²) in [6, 6.07) is 7.22. The largest absolute Gasteiger partial charge is 0.383 e. The highest BCUT2D eigenvalue weighted by atomic mass is 35.5. The first-order valence-electron chi connectivity index (χ1n) is 10.7. The van der Waals surface area contributed by atoms with Crippen LogP contribution in [0.15, 0.2) is 36.7 Å². The van der Waals surface area contributed by atoms with Gasteiger partial charge in [-0.2, -0.15) is 0 Å². The number of aryl methyl sites for hydroxylation is 1. The van der Waals surface area contributed by atoms with Crippen LogP contribution in [0.1, 0.15) is 47.2 Å². The van der Waals surface area contributed by atoms with E-state index in [2.05, 4.69) is 11.9 Å². The number of carbonyl (C=O) groups excluding carboxylic acids is 1. The van der Waals surface area contributed by atoms with E-state index in [-0.39, 0.29) is 17.6 Å². The van der Waals surface area contributed by atoms with Crippen molar-refractivity contribution in [3.63, 3.8) is 0 Å². The molecule has 0 aliphatic carbocycles. The third-order valence-electron chi connectivity index (χ3n) is 6.20. The van der Waals surface area contributed by atoms with E-state index in [0.717, 1.165) is 41.3 Å². The van der Waals surface area contributed by atoms with Crippen molar-refractivity contribution in [1.29, 1.82) is 0 Å². The Balaban J connectivity index is 1.54. The molecule has 1 aliphatic heterocycles. The SMILES string of the molecule is CCc1ccc(F)c(C2CCN(C(=O)c3cn(CCOC)c4c(Cl)nccc34)CC2)c1. The number of aromatic nitrogens is 2. The van der Waals surface area contributed by atoms with Gasteiger partial charge in [0.15, 0.2) is 5.15 Å². The normalized spacial score (nSPS) is 15.0. The van der Waals surface area contributed by atoms with Crippen LogP contribution in [-0.4, -0.2) is 47.2 Å². The molecule has 2 aromatic heterocycles. The summed E-state index contributed by atoms with van der Waals surface area (Å²) in [5.74, 6) is -0.0350. The van der Waals surface area contributed by atoms with Crippen LogP contribution in [0.3, 0.4) is 0 Å². The maximum atomic E-state index is 14.4. The molecular weight excluding hydrogens is 417 g/mol. The summed E-state index contributed by atoms with van der Waals surface area (Å²) in [5, 5.41) is 1.17. The van der Waals surface area contributed by atoms with Gasteiger partial charge in [-0.05, 0) is 48.4 Å². The molecule has 0 saturated carbocycles. The summed E-state index contributed by atoms with van der Waals surface area (Å²) in [6.45, 7) is 4.37. The van der Waals surface area contributed by atoms with E-state index >= 15 is 0 Å². The third kappa shape index (κ3) is 4.32. The molecule has 164 valence electrons. The molecule has 1 fully saturated rings. The monoisotopic (exact) mass is 443 g/mol. The Labute approximate surface area is 186 Å². The molecule has 1 saturated heterocycles. The van der Waals surface area contributed by atoms with Crippen molar-refractivity contribution in [3.05, 3.63) is 64.3 Å². The first-order valence-corrected chi connectivity index (χ1v) is 11.1. The van der Waals surface area contributed by atoms with E-state index in [1.165, 1.54) is 0 Å². The number of pyridine rings is 1. The molecule has 3 heterocycles. The quantitative estimate of drug-likeness (QED) is 0.500. The maximum Gasteiger partial charge on any atom is 0.256 e. The Bertz CT molecular complexity index is 1090. The molecule has 4 rings (SSSR count). The Kier molecular flexibility index (Phi) is 6.58. The van der Waals surface area contributed by atoms with Crippen LogP contribution in [0.5, 0.6) is 0 Å². The fraction of sp³-hybridized carbons (Fsp3) is 0.417. The minimum Gasteiger partial charge on any atom is -0.383 e. The van der Waals surface area contributed by atoms with E-state index in [1.54, 1.807) is 19.4 Å². The number of rotatable bonds is 6. The van der Waals surface area contributed by atoms with Crippen molar-refractivity contribution >= 4 is 28.4 Å². The second-order valence-electron chi connectivity index (χ2n) is 8.00. The van der Waals surface area contributed by atoms with Gasteiger partial charge in [0.25, 0.3) is 5.91 Å². The zero-order valence-electron chi connectivity index (χ0n) is 17.9. The first-order chi connectivity index (χ1) is 15.0. The second kappa shape index (κ2) is 9.37. The van der Waals surface area contributed by atoms with Crippen LogP contribution in [-0.2, 0) is 17.7 Å². The zero-order chi connectivity index (χ0) is 22.0. The Morgan fingerprint density at radius 1 is 1.29 bits per heavy atom. The summed E-state index contributed by atoms with van der Waals surface area (Å²) in [5.41, 5.74) is 3.29. The van der Waals surface area contributed by atoms with E-state index in [0.29, 0.717) is 37.0 Å². The summed E-state index contributed by atoms with van der Waals surface area (Å²) in [6.07, 6.45) is 5.85. The molecule has 0 atom stereocenters. The smallest absolute Gasteiger partial charge is 0.256 e. The highest BCUT2D eigenvalue weighted by Crippen LogP contribution is 2.33. The van der Waals surface area contributed by atoms with Crippen molar-refractivity contribution in [2.75, 3.05) is 26.8 Å². The van der Waals surface area contributed by atoms with Crippen LogP contribution in [0.25, 0.3) is 10.9 Å². The molecule has 0 radical (unpaired) electrons. The number of benzene rings is 1. The predicted octanol–water partition coefficient (Wildman–Crippen LogP) is 5.06. The van der Waals surface area contributed by atoms with Crippen LogP contribution in [0.2, 0.25) is 5.15 Å². The van der Waals surface area contributed by atoms with Crippen molar-refractivity contribution in [2.24, 2.45) is 0 Å². The number of likely N-dealkylation sites (tertiary alicyclic amines) is 1. The van der Waals surface area contributed by atoms with Gasteiger partial charge in [0.2, 0.25) is 0 Å². The van der Waals surface area contributed by atoms with E-state index in [1.807, 2.05) is 33.9 Å². The number of amides is 1. The number of piperidine rings is 1. The molecular formula is C24H27ClFN3O2. The fourth-order valence-electron chi connectivity index (χ4n) is 4.44. The average molecular weight is 444 g/mol. The average Bonchev–Trinajstić information content (AvgIpc) is 3.17. The van der Waals surface area contributed by atoms with Gasteiger partial charge in [0.1, 0.15) is 5.82 Å². The molecule has 0 bridgehead atoms. The van der Waals surface area contributed by atoms with Gasteiger partial charge in [-0.15, -0.1) is 0 Å². The number of hydrogen-bond acceptors (Lipinski definition) is 3. The van der Waals surface area contributed by atoms with Crippen LogP contribution in [0.4, 0.5) is 4.39 Å². The summed E-state index contributed by atoms with van der Waals surface area (Å²) in [4.78, 5) is 19.4. The maximum absolute atomic E-state index is 14.4. The van der Waals surface area contributed by atoms with E-state index < -0.39 is 0 Å². The number of ether oxygens (including phenoxy) is 1. The van der Waals surface area contributed by atoms with Crippen LogP contribution in [0, 0.1) is 5.82 Å². The second-order valence-corrected chi connectivity index (χ2v) is 8.36. The van der Waals surface area contributed by atoms with Crippen molar-refractivity contribution < 1.29 is 13.9 Å². The lowest BCUT2D eigenvalue weighted by atomic mass is 9.87. The molecule has 0 N–H and O–H groups in total. The molecule has 1 aliphatic rings. The summed E-state index contributed by atoms with van der Waals surface area (Å²) < 4.78 is 21.5. The van der Waals surface area contributed by atoms with E-state index in [9.17, 15) is 9.18 Å². The number of hydrogen-bond donors (Lipinski definition) is 0.